The lowest BCUT2D eigenvalue weighted by atomic mass is 10.00. The average molecular weight is 326 g/mol. The Morgan fingerprint density at radius 1 is 0.913 bits per heavy atom. The molecule has 2 rings (SSSR count). The van der Waals surface area contributed by atoms with Gasteiger partial charge in [-0.2, -0.15) is 13.2 Å². The van der Waals surface area contributed by atoms with Crippen LogP contribution in [-0.4, -0.2) is 0 Å². The van der Waals surface area contributed by atoms with Crippen molar-refractivity contribution < 1.29 is 22.0 Å². The van der Waals surface area contributed by atoms with Crippen LogP contribution in [0.5, 0.6) is 0 Å². The molecular weight excluding hydrogens is 311 g/mol. The lowest BCUT2D eigenvalue weighted by Gasteiger charge is -2.11. The number of alkyl halides is 3. The van der Waals surface area contributed by atoms with Crippen LogP contribution in [0.25, 0.3) is 11.1 Å². The van der Waals surface area contributed by atoms with Crippen molar-refractivity contribution in [2.24, 2.45) is 0 Å². The van der Waals surface area contributed by atoms with E-state index >= 15 is 0 Å². The Hall–Kier alpha value is -2.17. The summed E-state index contributed by atoms with van der Waals surface area (Å²) in [6.45, 7) is 1.93. The number of hydrogen-bond acceptors (Lipinski definition) is 0. The second-order valence-corrected chi connectivity index (χ2v) is 5.12. The summed E-state index contributed by atoms with van der Waals surface area (Å²) in [6.07, 6.45) is 0.611. The Kier molecular flexibility index (Phi) is 5.19. The van der Waals surface area contributed by atoms with E-state index in [2.05, 4.69) is 0 Å². The molecule has 2 aromatic carbocycles. The molecule has 0 aromatic heterocycles. The van der Waals surface area contributed by atoms with E-state index in [-0.39, 0.29) is 5.56 Å². The van der Waals surface area contributed by atoms with Gasteiger partial charge in [0, 0.05) is 0 Å². The maximum Gasteiger partial charge on any atom is 0.422 e. The summed E-state index contributed by atoms with van der Waals surface area (Å²) in [4.78, 5) is 0. The second kappa shape index (κ2) is 6.94. The predicted octanol–water partition coefficient (Wildman–Crippen LogP) is 6.16. The summed E-state index contributed by atoms with van der Waals surface area (Å²) in [5.74, 6) is -3.21. The molecule has 0 N–H and O–H groups in total. The van der Waals surface area contributed by atoms with Crippen LogP contribution in [0.4, 0.5) is 22.0 Å². The third-order valence-electron chi connectivity index (χ3n) is 3.45. The fourth-order valence-electron chi connectivity index (χ4n) is 2.29. The fourth-order valence-corrected chi connectivity index (χ4v) is 2.29. The Balaban J connectivity index is 2.29. The van der Waals surface area contributed by atoms with E-state index in [4.69, 9.17) is 0 Å². The van der Waals surface area contributed by atoms with Crippen molar-refractivity contribution in [3.63, 3.8) is 0 Å². The molecule has 0 fully saturated rings. The molecule has 0 saturated carbocycles. The molecular formula is C18H15F5. The zero-order chi connectivity index (χ0) is 17.0. The van der Waals surface area contributed by atoms with Gasteiger partial charge < -0.3 is 0 Å². The third kappa shape index (κ3) is 4.18. The standard InChI is InChI=1S/C18H15F5/c1-2-3-4-5-12-6-8-13(9-7-12)14-10-15(19)17(16(20)11-14)18(21,22)23/h2-3,6-11H,4-5H2,1H3. The molecule has 122 valence electrons. The van der Waals surface area contributed by atoms with Gasteiger partial charge in [0.25, 0.3) is 0 Å². The van der Waals surface area contributed by atoms with Crippen molar-refractivity contribution in [2.75, 3.05) is 0 Å². The summed E-state index contributed by atoms with van der Waals surface area (Å²) < 4.78 is 64.9. The monoisotopic (exact) mass is 326 g/mol. The SMILES string of the molecule is CC=CCCc1ccc(-c2cc(F)c(C(F)(F)F)c(F)c2)cc1. The highest BCUT2D eigenvalue weighted by molar-refractivity contribution is 5.64. The quantitative estimate of drug-likeness (QED) is 0.466. The Morgan fingerprint density at radius 2 is 1.48 bits per heavy atom. The molecule has 0 spiro atoms. The smallest absolute Gasteiger partial charge is 0.206 e. The molecule has 0 aliphatic rings. The molecule has 0 aliphatic carbocycles. The number of hydrogen-bond donors (Lipinski definition) is 0. The summed E-state index contributed by atoms with van der Waals surface area (Å²) in [7, 11) is 0. The van der Waals surface area contributed by atoms with Gasteiger partial charge in [-0.25, -0.2) is 8.78 Å². The predicted molar refractivity (Wildman–Crippen MR) is 79.9 cm³/mol. The van der Waals surface area contributed by atoms with Crippen molar-refractivity contribution in [3.05, 3.63) is 71.3 Å². The lowest BCUT2D eigenvalue weighted by Crippen LogP contribution is -2.11. The summed E-state index contributed by atoms with van der Waals surface area (Å²) in [5, 5.41) is 0. The van der Waals surface area contributed by atoms with Crippen LogP contribution in [0, 0.1) is 11.6 Å². The van der Waals surface area contributed by atoms with Crippen LogP contribution in [0.2, 0.25) is 0 Å². The molecule has 0 radical (unpaired) electrons. The van der Waals surface area contributed by atoms with Crippen LogP contribution in [0.3, 0.4) is 0 Å². The van der Waals surface area contributed by atoms with Crippen LogP contribution in [0.1, 0.15) is 24.5 Å². The van der Waals surface area contributed by atoms with E-state index < -0.39 is 23.4 Å². The molecule has 0 atom stereocenters. The van der Waals surface area contributed by atoms with E-state index in [1.54, 1.807) is 24.3 Å². The summed E-state index contributed by atoms with van der Waals surface area (Å²) in [5.41, 5.74) is -0.275. The molecule has 0 unspecified atom stereocenters. The van der Waals surface area contributed by atoms with E-state index in [9.17, 15) is 22.0 Å². The number of allylic oxidation sites excluding steroid dienone is 2. The first kappa shape index (κ1) is 17.2. The van der Waals surface area contributed by atoms with Crippen molar-refractivity contribution in [1.82, 2.24) is 0 Å². The van der Waals surface area contributed by atoms with Gasteiger partial charge in [0.1, 0.15) is 17.2 Å². The van der Waals surface area contributed by atoms with Crippen molar-refractivity contribution >= 4 is 0 Å². The van der Waals surface area contributed by atoms with E-state index in [0.717, 1.165) is 18.4 Å². The molecule has 0 saturated heterocycles. The first-order chi connectivity index (χ1) is 10.8. The van der Waals surface area contributed by atoms with Gasteiger partial charge >= 0.3 is 6.18 Å². The maximum atomic E-state index is 13.6. The second-order valence-electron chi connectivity index (χ2n) is 5.12. The first-order valence-electron chi connectivity index (χ1n) is 7.09. The molecule has 5 heteroatoms. The van der Waals surface area contributed by atoms with Gasteiger partial charge in [-0.05, 0) is 48.6 Å². The van der Waals surface area contributed by atoms with E-state index in [1.807, 2.05) is 19.1 Å². The fraction of sp³-hybridized carbons (Fsp3) is 0.222. The van der Waals surface area contributed by atoms with Gasteiger partial charge in [0.05, 0.1) is 0 Å². The minimum absolute atomic E-state index is 0.0769. The Labute approximate surface area is 131 Å². The molecule has 0 aliphatic heterocycles. The third-order valence-corrected chi connectivity index (χ3v) is 3.45. The van der Waals surface area contributed by atoms with Crippen molar-refractivity contribution in [2.45, 2.75) is 25.9 Å². The van der Waals surface area contributed by atoms with E-state index in [1.165, 1.54) is 0 Å². The highest BCUT2D eigenvalue weighted by Crippen LogP contribution is 2.35. The van der Waals surface area contributed by atoms with Crippen molar-refractivity contribution in [3.8, 4) is 11.1 Å². The van der Waals surface area contributed by atoms with Crippen LogP contribution >= 0.6 is 0 Å². The highest BCUT2D eigenvalue weighted by atomic mass is 19.4. The molecule has 0 amide bonds. The molecule has 0 nitrogen and oxygen atoms in total. The Bertz CT molecular complexity index is 673. The van der Waals surface area contributed by atoms with E-state index in [0.29, 0.717) is 17.7 Å². The first-order valence-corrected chi connectivity index (χ1v) is 7.09. The normalized spacial score (nSPS) is 12.1. The molecule has 23 heavy (non-hydrogen) atoms. The largest absolute Gasteiger partial charge is 0.422 e. The number of benzene rings is 2. The van der Waals surface area contributed by atoms with Gasteiger partial charge in [-0.1, -0.05) is 36.4 Å². The summed E-state index contributed by atoms with van der Waals surface area (Å²) >= 11 is 0. The minimum Gasteiger partial charge on any atom is -0.206 e. The van der Waals surface area contributed by atoms with Crippen LogP contribution in [-0.2, 0) is 12.6 Å². The zero-order valence-corrected chi connectivity index (χ0v) is 12.4. The van der Waals surface area contributed by atoms with Gasteiger partial charge in [0.2, 0.25) is 0 Å². The summed E-state index contributed by atoms with van der Waals surface area (Å²) in [6, 6.07) is 8.30. The van der Waals surface area contributed by atoms with Crippen LogP contribution < -0.4 is 0 Å². The molecule has 0 bridgehead atoms. The average Bonchev–Trinajstić information content (AvgIpc) is 2.46. The minimum atomic E-state index is -5.05. The lowest BCUT2D eigenvalue weighted by molar-refractivity contribution is -0.142. The molecule has 2 aromatic rings. The number of rotatable bonds is 4. The topological polar surface area (TPSA) is 0 Å². The van der Waals surface area contributed by atoms with Crippen molar-refractivity contribution in [1.29, 1.82) is 0 Å². The molecule has 0 heterocycles. The zero-order valence-electron chi connectivity index (χ0n) is 12.4. The van der Waals surface area contributed by atoms with Gasteiger partial charge in [0.15, 0.2) is 0 Å². The van der Waals surface area contributed by atoms with Gasteiger partial charge in [-0.15, -0.1) is 0 Å². The van der Waals surface area contributed by atoms with Crippen LogP contribution in [0.15, 0.2) is 48.6 Å². The Morgan fingerprint density at radius 3 is 1.96 bits per heavy atom. The van der Waals surface area contributed by atoms with Gasteiger partial charge in [-0.3, -0.25) is 0 Å². The number of halogens is 5. The maximum absolute atomic E-state index is 13.6. The number of aryl methyl sites for hydroxylation is 1. The highest BCUT2D eigenvalue weighted by Gasteiger charge is 2.37.